The Kier molecular flexibility index (Phi) is 3.20. The van der Waals surface area contributed by atoms with Gasteiger partial charge in [0.05, 0.1) is 24.9 Å². The molecule has 19 heavy (non-hydrogen) atoms. The van der Waals surface area contributed by atoms with Crippen LogP contribution in [0.5, 0.6) is 0 Å². The van der Waals surface area contributed by atoms with Crippen molar-refractivity contribution < 1.29 is 9.53 Å². The summed E-state index contributed by atoms with van der Waals surface area (Å²) in [7, 11) is 0. The number of carbonyl (C=O) groups excluding carboxylic acids is 1. The number of ether oxygens (including phenoxy) is 1. The summed E-state index contributed by atoms with van der Waals surface area (Å²) in [6.45, 7) is 2.56. The highest BCUT2D eigenvalue weighted by atomic mass is 16.5. The molecule has 0 aromatic carbocycles. The fourth-order valence-corrected chi connectivity index (χ4v) is 2.39. The molecular weight excluding hydrogens is 246 g/mol. The first kappa shape index (κ1) is 12.2. The summed E-state index contributed by atoms with van der Waals surface area (Å²) in [5.74, 6) is 0.598. The molecule has 7 nitrogen and oxygen atoms in total. The number of aromatic nitrogens is 2. The molecule has 0 spiro atoms. The van der Waals surface area contributed by atoms with Crippen LogP contribution in [0.2, 0.25) is 0 Å². The number of anilines is 1. The average molecular weight is 263 g/mol. The number of hydrogen-bond acceptors (Lipinski definition) is 5. The molecule has 1 fully saturated rings. The zero-order chi connectivity index (χ0) is 13.2. The van der Waals surface area contributed by atoms with Gasteiger partial charge in [-0.2, -0.15) is 0 Å². The molecule has 3 rings (SSSR count). The highest BCUT2D eigenvalue weighted by molar-refractivity contribution is 5.72. The number of urea groups is 1. The second-order valence-corrected chi connectivity index (χ2v) is 4.88. The van der Waals surface area contributed by atoms with Crippen LogP contribution >= 0.6 is 0 Å². The van der Waals surface area contributed by atoms with Crippen molar-refractivity contribution in [3.05, 3.63) is 17.5 Å². The smallest absolute Gasteiger partial charge is 0.315 e. The second-order valence-electron chi connectivity index (χ2n) is 4.88. The Bertz CT molecular complexity index is 487. The summed E-state index contributed by atoms with van der Waals surface area (Å²) in [6.07, 6.45) is 3.55. The molecule has 2 amide bonds. The van der Waals surface area contributed by atoms with Gasteiger partial charge in [0.2, 0.25) is 5.95 Å². The zero-order valence-corrected chi connectivity index (χ0v) is 10.6. The van der Waals surface area contributed by atoms with Gasteiger partial charge in [0, 0.05) is 19.3 Å². The van der Waals surface area contributed by atoms with Crippen LogP contribution in [-0.4, -0.2) is 46.7 Å². The standard InChI is InChI=1S/C12H17N5O2/c13-11(18)17-3-1-8-5-14-12(16-10(8)6-17)15-9-2-4-19-7-9/h5,9H,1-4,6-7H2,(H2,13,18)(H,14,15,16). The molecule has 2 aliphatic rings. The molecule has 0 bridgehead atoms. The van der Waals surface area contributed by atoms with E-state index in [4.69, 9.17) is 10.5 Å². The van der Waals surface area contributed by atoms with E-state index in [2.05, 4.69) is 15.3 Å². The lowest BCUT2D eigenvalue weighted by atomic mass is 10.1. The topological polar surface area (TPSA) is 93.4 Å². The summed E-state index contributed by atoms with van der Waals surface area (Å²) < 4.78 is 5.30. The lowest BCUT2D eigenvalue weighted by Gasteiger charge is -2.26. The molecule has 0 radical (unpaired) electrons. The van der Waals surface area contributed by atoms with E-state index in [0.717, 1.165) is 30.7 Å². The molecule has 1 aromatic rings. The molecule has 7 heteroatoms. The van der Waals surface area contributed by atoms with Crippen molar-refractivity contribution in [2.75, 3.05) is 25.1 Å². The van der Waals surface area contributed by atoms with Gasteiger partial charge < -0.3 is 20.7 Å². The normalized spacial score (nSPS) is 22.1. The van der Waals surface area contributed by atoms with Crippen molar-refractivity contribution >= 4 is 12.0 Å². The number of hydrogen-bond donors (Lipinski definition) is 2. The van der Waals surface area contributed by atoms with Crippen LogP contribution in [0.3, 0.4) is 0 Å². The summed E-state index contributed by atoms with van der Waals surface area (Å²) in [5.41, 5.74) is 7.27. The SMILES string of the molecule is NC(=O)N1CCc2cnc(NC3CCOC3)nc2C1. The molecule has 102 valence electrons. The molecule has 3 N–H and O–H groups in total. The van der Waals surface area contributed by atoms with Gasteiger partial charge in [0.25, 0.3) is 0 Å². The van der Waals surface area contributed by atoms with Gasteiger partial charge >= 0.3 is 6.03 Å². The minimum absolute atomic E-state index is 0.272. The van der Waals surface area contributed by atoms with E-state index >= 15 is 0 Å². The number of fused-ring (bicyclic) bond motifs is 1. The summed E-state index contributed by atoms with van der Waals surface area (Å²) in [4.78, 5) is 21.6. The number of rotatable bonds is 2. The molecule has 3 heterocycles. The fourth-order valence-electron chi connectivity index (χ4n) is 2.39. The van der Waals surface area contributed by atoms with Crippen molar-refractivity contribution in [2.45, 2.75) is 25.4 Å². The van der Waals surface area contributed by atoms with Gasteiger partial charge in [0.1, 0.15) is 0 Å². The quantitative estimate of drug-likeness (QED) is 0.790. The molecule has 2 aliphatic heterocycles. The maximum Gasteiger partial charge on any atom is 0.315 e. The largest absolute Gasteiger partial charge is 0.379 e. The van der Waals surface area contributed by atoms with Crippen molar-refractivity contribution in [1.29, 1.82) is 0 Å². The predicted molar refractivity (Wildman–Crippen MR) is 68.6 cm³/mol. The lowest BCUT2D eigenvalue weighted by molar-refractivity contribution is 0.195. The number of primary amides is 1. The van der Waals surface area contributed by atoms with Crippen molar-refractivity contribution in [3.63, 3.8) is 0 Å². The highest BCUT2D eigenvalue weighted by Crippen LogP contribution is 2.18. The van der Waals surface area contributed by atoms with Crippen LogP contribution < -0.4 is 11.1 Å². The van der Waals surface area contributed by atoms with Gasteiger partial charge in [-0.3, -0.25) is 0 Å². The third kappa shape index (κ3) is 2.60. The average Bonchev–Trinajstić information content (AvgIpc) is 2.90. The van der Waals surface area contributed by atoms with E-state index in [-0.39, 0.29) is 6.04 Å². The Morgan fingerprint density at radius 3 is 3.21 bits per heavy atom. The number of nitrogens with two attached hydrogens (primary N) is 1. The molecule has 0 saturated carbocycles. The minimum Gasteiger partial charge on any atom is -0.379 e. The van der Waals surface area contributed by atoms with Gasteiger partial charge in [-0.15, -0.1) is 0 Å². The van der Waals surface area contributed by atoms with Crippen LogP contribution in [0.15, 0.2) is 6.20 Å². The number of amides is 2. The first-order valence-corrected chi connectivity index (χ1v) is 6.46. The van der Waals surface area contributed by atoms with E-state index in [1.165, 1.54) is 0 Å². The maximum absolute atomic E-state index is 11.2. The van der Waals surface area contributed by atoms with Crippen LogP contribution in [-0.2, 0) is 17.7 Å². The van der Waals surface area contributed by atoms with Crippen molar-refractivity contribution in [1.82, 2.24) is 14.9 Å². The molecule has 1 saturated heterocycles. The molecule has 1 atom stereocenters. The Labute approximate surface area is 111 Å². The monoisotopic (exact) mass is 263 g/mol. The molecule has 0 aliphatic carbocycles. The van der Waals surface area contributed by atoms with E-state index in [1.807, 2.05) is 6.20 Å². The zero-order valence-electron chi connectivity index (χ0n) is 10.6. The Hall–Kier alpha value is -1.89. The molecule has 1 unspecified atom stereocenters. The fraction of sp³-hybridized carbons (Fsp3) is 0.583. The van der Waals surface area contributed by atoms with E-state index < -0.39 is 6.03 Å². The minimum atomic E-state index is -0.400. The van der Waals surface area contributed by atoms with Gasteiger partial charge in [-0.25, -0.2) is 14.8 Å². The van der Waals surface area contributed by atoms with Crippen LogP contribution in [0, 0.1) is 0 Å². The van der Waals surface area contributed by atoms with Gasteiger partial charge in [-0.05, 0) is 18.4 Å². The summed E-state index contributed by atoms with van der Waals surface area (Å²) >= 11 is 0. The Balaban J connectivity index is 1.74. The first-order chi connectivity index (χ1) is 9.22. The Morgan fingerprint density at radius 1 is 1.58 bits per heavy atom. The summed E-state index contributed by atoms with van der Waals surface area (Å²) in [5, 5.41) is 3.25. The van der Waals surface area contributed by atoms with Gasteiger partial charge in [-0.1, -0.05) is 0 Å². The second kappa shape index (κ2) is 5.00. The maximum atomic E-state index is 11.2. The lowest BCUT2D eigenvalue weighted by Crippen LogP contribution is -2.40. The van der Waals surface area contributed by atoms with Crippen LogP contribution in [0.1, 0.15) is 17.7 Å². The van der Waals surface area contributed by atoms with Crippen LogP contribution in [0.4, 0.5) is 10.7 Å². The molecular formula is C12H17N5O2. The first-order valence-electron chi connectivity index (χ1n) is 6.46. The van der Waals surface area contributed by atoms with Crippen LogP contribution in [0.25, 0.3) is 0 Å². The molecule has 1 aromatic heterocycles. The van der Waals surface area contributed by atoms with E-state index in [1.54, 1.807) is 4.90 Å². The highest BCUT2D eigenvalue weighted by Gasteiger charge is 2.22. The third-order valence-corrected chi connectivity index (χ3v) is 3.52. The third-order valence-electron chi connectivity index (χ3n) is 3.52. The van der Waals surface area contributed by atoms with Gasteiger partial charge in [0.15, 0.2) is 0 Å². The summed E-state index contributed by atoms with van der Waals surface area (Å²) in [6, 6.07) is -0.128. The predicted octanol–water partition coefficient (Wildman–Crippen LogP) is 0.114. The van der Waals surface area contributed by atoms with Crippen molar-refractivity contribution in [2.24, 2.45) is 5.73 Å². The Morgan fingerprint density at radius 2 is 2.47 bits per heavy atom. The van der Waals surface area contributed by atoms with E-state index in [0.29, 0.717) is 25.6 Å². The van der Waals surface area contributed by atoms with Crippen molar-refractivity contribution in [3.8, 4) is 0 Å². The van der Waals surface area contributed by atoms with E-state index in [9.17, 15) is 4.79 Å². The number of carbonyl (C=O) groups is 1. The number of nitrogens with one attached hydrogen (secondary N) is 1. The number of nitrogens with zero attached hydrogens (tertiary/aromatic N) is 3.